The highest BCUT2D eigenvalue weighted by Crippen LogP contribution is 2.17. The van der Waals surface area contributed by atoms with Crippen molar-refractivity contribution in [3.63, 3.8) is 0 Å². The van der Waals surface area contributed by atoms with Gasteiger partial charge in [0.05, 0.1) is 5.02 Å². The average Bonchev–Trinajstić information content (AvgIpc) is 2.43. The number of benzene rings is 2. The number of halogens is 2. The zero-order chi connectivity index (χ0) is 13.8. The topological polar surface area (TPSA) is 43.1 Å². The third-order valence-electron chi connectivity index (χ3n) is 2.86. The van der Waals surface area contributed by atoms with Crippen LogP contribution in [0.5, 0.6) is 0 Å². The van der Waals surface area contributed by atoms with Crippen molar-refractivity contribution in [2.24, 2.45) is 5.73 Å². The van der Waals surface area contributed by atoms with Crippen LogP contribution in [0.25, 0.3) is 0 Å². The molecule has 2 aromatic rings. The summed E-state index contributed by atoms with van der Waals surface area (Å²) in [7, 11) is 0. The number of hydrogen-bond donors (Lipinski definition) is 1. The molecular weight excluding hydrogens is 265 g/mol. The fourth-order valence-corrected chi connectivity index (χ4v) is 1.97. The van der Waals surface area contributed by atoms with E-state index in [2.05, 4.69) is 0 Å². The Labute approximate surface area is 116 Å². The summed E-state index contributed by atoms with van der Waals surface area (Å²) in [4.78, 5) is 12.0. The summed E-state index contributed by atoms with van der Waals surface area (Å²) in [6, 6.07) is 11.4. The largest absolute Gasteiger partial charge is 0.326 e. The van der Waals surface area contributed by atoms with Crippen LogP contribution in [-0.2, 0) is 13.0 Å². The molecule has 2 N–H and O–H groups in total. The maximum absolute atomic E-state index is 13.0. The van der Waals surface area contributed by atoms with E-state index in [4.69, 9.17) is 17.3 Å². The van der Waals surface area contributed by atoms with Gasteiger partial charge >= 0.3 is 0 Å². The molecule has 0 bridgehead atoms. The second kappa shape index (κ2) is 5.95. The molecule has 4 heteroatoms. The van der Waals surface area contributed by atoms with Crippen molar-refractivity contribution in [1.29, 1.82) is 0 Å². The van der Waals surface area contributed by atoms with Crippen LogP contribution in [0.2, 0.25) is 5.02 Å². The van der Waals surface area contributed by atoms with E-state index in [1.54, 1.807) is 18.2 Å². The van der Waals surface area contributed by atoms with E-state index in [0.29, 0.717) is 17.7 Å². The minimum atomic E-state index is -0.481. The first-order valence-corrected chi connectivity index (χ1v) is 6.24. The van der Waals surface area contributed by atoms with Gasteiger partial charge in [0.15, 0.2) is 5.78 Å². The van der Waals surface area contributed by atoms with E-state index in [9.17, 15) is 9.18 Å². The van der Waals surface area contributed by atoms with Gasteiger partial charge in [-0.1, -0.05) is 41.9 Å². The molecule has 19 heavy (non-hydrogen) atoms. The Morgan fingerprint density at radius 2 is 1.74 bits per heavy atom. The van der Waals surface area contributed by atoms with Crippen molar-refractivity contribution in [3.05, 3.63) is 70.0 Å². The van der Waals surface area contributed by atoms with Crippen LogP contribution in [0, 0.1) is 5.82 Å². The molecule has 98 valence electrons. The van der Waals surface area contributed by atoms with E-state index in [0.717, 1.165) is 5.56 Å². The van der Waals surface area contributed by atoms with Gasteiger partial charge in [-0.15, -0.1) is 0 Å². The average molecular weight is 278 g/mol. The molecule has 0 aliphatic rings. The molecule has 0 heterocycles. The van der Waals surface area contributed by atoms with Gasteiger partial charge in [0, 0.05) is 18.5 Å². The molecule has 0 amide bonds. The van der Waals surface area contributed by atoms with E-state index in [1.807, 2.05) is 12.1 Å². The van der Waals surface area contributed by atoms with Crippen LogP contribution in [0.4, 0.5) is 4.39 Å². The molecule has 0 saturated carbocycles. The van der Waals surface area contributed by atoms with Gasteiger partial charge in [0.1, 0.15) is 5.82 Å². The van der Waals surface area contributed by atoms with Crippen LogP contribution < -0.4 is 5.73 Å². The predicted octanol–water partition coefficient (Wildman–Crippen LogP) is 3.36. The smallest absolute Gasteiger partial charge is 0.167 e. The number of hydrogen-bond acceptors (Lipinski definition) is 2. The van der Waals surface area contributed by atoms with Crippen molar-refractivity contribution < 1.29 is 9.18 Å². The normalized spacial score (nSPS) is 10.5. The molecule has 0 spiro atoms. The second-order valence-electron chi connectivity index (χ2n) is 4.25. The molecule has 0 saturated heterocycles. The van der Waals surface area contributed by atoms with Gasteiger partial charge in [-0.05, 0) is 23.3 Å². The van der Waals surface area contributed by atoms with Gasteiger partial charge in [-0.2, -0.15) is 0 Å². The van der Waals surface area contributed by atoms with Gasteiger partial charge < -0.3 is 5.73 Å². The summed E-state index contributed by atoms with van der Waals surface area (Å²) in [5.41, 5.74) is 7.77. The quantitative estimate of drug-likeness (QED) is 0.871. The molecule has 2 rings (SSSR count). The number of rotatable bonds is 4. The fraction of sp³-hybridized carbons (Fsp3) is 0.133. The Hall–Kier alpha value is -1.71. The highest BCUT2D eigenvalue weighted by atomic mass is 35.5. The summed E-state index contributed by atoms with van der Waals surface area (Å²) < 4.78 is 13.0. The Kier molecular flexibility index (Phi) is 4.30. The maximum Gasteiger partial charge on any atom is 0.167 e. The van der Waals surface area contributed by atoms with Crippen LogP contribution in [0.15, 0.2) is 42.5 Å². The lowest BCUT2D eigenvalue weighted by atomic mass is 10.0. The predicted molar refractivity (Wildman–Crippen MR) is 73.8 cm³/mol. The van der Waals surface area contributed by atoms with E-state index in [-0.39, 0.29) is 17.2 Å². The van der Waals surface area contributed by atoms with E-state index in [1.165, 1.54) is 12.1 Å². The lowest BCUT2D eigenvalue weighted by Gasteiger charge is -2.04. The Morgan fingerprint density at radius 3 is 2.32 bits per heavy atom. The summed E-state index contributed by atoms with van der Waals surface area (Å²) in [6.45, 7) is 0.446. The van der Waals surface area contributed by atoms with Crippen LogP contribution in [0.1, 0.15) is 21.5 Å². The molecule has 0 fully saturated rings. The van der Waals surface area contributed by atoms with Crippen LogP contribution >= 0.6 is 11.6 Å². The molecule has 2 nitrogen and oxygen atoms in total. The van der Waals surface area contributed by atoms with Gasteiger partial charge in [-0.25, -0.2) is 4.39 Å². The number of ketones is 1. The molecule has 0 unspecified atom stereocenters. The van der Waals surface area contributed by atoms with Crippen molar-refractivity contribution in [2.75, 3.05) is 0 Å². The second-order valence-corrected chi connectivity index (χ2v) is 4.66. The van der Waals surface area contributed by atoms with Crippen LogP contribution in [0.3, 0.4) is 0 Å². The van der Waals surface area contributed by atoms with Crippen molar-refractivity contribution in [1.82, 2.24) is 0 Å². The summed E-state index contributed by atoms with van der Waals surface area (Å²) in [6.07, 6.45) is 0.196. The van der Waals surface area contributed by atoms with Gasteiger partial charge in [-0.3, -0.25) is 4.79 Å². The van der Waals surface area contributed by atoms with Crippen LogP contribution in [-0.4, -0.2) is 5.78 Å². The standard InChI is InChI=1S/C15H13ClFNO/c16-13-7-11(3-6-14(13)17)8-15(19)12-4-1-10(9-18)2-5-12/h1-7H,8-9,18H2. The minimum absolute atomic E-state index is 0.0313. The number of Topliss-reactive ketones (excluding diaryl/α,β-unsaturated/α-hetero) is 1. The zero-order valence-corrected chi connectivity index (χ0v) is 11.0. The Bertz CT molecular complexity index is 596. The number of carbonyl (C=O) groups excluding carboxylic acids is 1. The van der Waals surface area contributed by atoms with Crippen molar-refractivity contribution >= 4 is 17.4 Å². The molecular formula is C15H13ClFNO. The molecule has 2 aromatic carbocycles. The van der Waals surface area contributed by atoms with Gasteiger partial charge in [0.25, 0.3) is 0 Å². The summed E-state index contributed by atoms with van der Waals surface area (Å²) >= 11 is 5.68. The number of nitrogens with two attached hydrogens (primary N) is 1. The minimum Gasteiger partial charge on any atom is -0.326 e. The SMILES string of the molecule is NCc1ccc(C(=O)Cc2ccc(F)c(Cl)c2)cc1. The highest BCUT2D eigenvalue weighted by Gasteiger charge is 2.08. The third kappa shape index (κ3) is 3.40. The third-order valence-corrected chi connectivity index (χ3v) is 3.15. The maximum atomic E-state index is 13.0. The molecule has 0 aliphatic heterocycles. The van der Waals surface area contributed by atoms with Crippen molar-refractivity contribution in [3.8, 4) is 0 Å². The summed E-state index contributed by atoms with van der Waals surface area (Å²) in [5.74, 6) is -0.517. The first kappa shape index (κ1) is 13.7. The highest BCUT2D eigenvalue weighted by molar-refractivity contribution is 6.30. The van der Waals surface area contributed by atoms with Gasteiger partial charge in [0.2, 0.25) is 0 Å². The first-order valence-electron chi connectivity index (χ1n) is 5.86. The summed E-state index contributed by atoms with van der Waals surface area (Å²) in [5, 5.41) is 0.0313. The monoisotopic (exact) mass is 277 g/mol. The Balaban J connectivity index is 2.13. The zero-order valence-electron chi connectivity index (χ0n) is 10.2. The molecule has 0 aromatic heterocycles. The Morgan fingerprint density at radius 1 is 1.11 bits per heavy atom. The lowest BCUT2D eigenvalue weighted by Crippen LogP contribution is -2.04. The fourth-order valence-electron chi connectivity index (χ4n) is 1.76. The first-order chi connectivity index (χ1) is 9.10. The van der Waals surface area contributed by atoms with E-state index >= 15 is 0 Å². The molecule has 0 aliphatic carbocycles. The molecule has 0 radical (unpaired) electrons. The number of carbonyl (C=O) groups is 1. The van der Waals surface area contributed by atoms with E-state index < -0.39 is 5.82 Å². The lowest BCUT2D eigenvalue weighted by molar-refractivity contribution is 0.0993. The van der Waals surface area contributed by atoms with Crippen molar-refractivity contribution in [2.45, 2.75) is 13.0 Å². The molecule has 0 atom stereocenters.